The van der Waals surface area contributed by atoms with Crippen LogP contribution in [0.5, 0.6) is 0 Å². The van der Waals surface area contributed by atoms with Crippen LogP contribution in [0.15, 0.2) is 0 Å². The molecule has 0 aromatic rings. The SMILES string of the molecule is CCCCC#CCC(C#N)(C#N)CC#CCCCC. The minimum atomic E-state index is -1.06. The van der Waals surface area contributed by atoms with Crippen LogP contribution in [0.4, 0.5) is 0 Å². The minimum Gasteiger partial charge on any atom is -0.196 e. The van der Waals surface area contributed by atoms with Crippen molar-refractivity contribution in [2.45, 2.75) is 65.2 Å². The van der Waals surface area contributed by atoms with Crippen LogP contribution in [0, 0.1) is 51.8 Å². The van der Waals surface area contributed by atoms with Gasteiger partial charge in [0, 0.05) is 25.7 Å². The topological polar surface area (TPSA) is 47.6 Å². The molecule has 0 N–H and O–H groups in total. The summed E-state index contributed by atoms with van der Waals surface area (Å²) >= 11 is 0. The van der Waals surface area contributed by atoms with Crippen LogP contribution >= 0.6 is 0 Å². The number of unbranched alkanes of at least 4 members (excludes halogenated alkanes) is 4. The van der Waals surface area contributed by atoms with Gasteiger partial charge in [0.1, 0.15) is 0 Å². The Balaban J connectivity index is 4.41. The highest BCUT2D eigenvalue weighted by Gasteiger charge is 2.28. The van der Waals surface area contributed by atoms with Crippen LogP contribution in [-0.2, 0) is 0 Å². The summed E-state index contributed by atoms with van der Waals surface area (Å²) in [6, 6.07) is 4.16. The van der Waals surface area contributed by atoms with Gasteiger partial charge in [0.2, 0.25) is 0 Å². The van der Waals surface area contributed by atoms with E-state index in [2.05, 4.69) is 49.7 Å². The van der Waals surface area contributed by atoms with E-state index in [0.29, 0.717) is 12.8 Å². The Labute approximate surface area is 117 Å². The van der Waals surface area contributed by atoms with E-state index in [1.807, 2.05) is 0 Å². The molecule has 2 nitrogen and oxygen atoms in total. The van der Waals surface area contributed by atoms with E-state index in [-0.39, 0.29) is 0 Å². The molecule has 0 aliphatic heterocycles. The standard InChI is InChI=1S/C17H22N2/c1-3-5-7-9-11-13-17(15-18,16-19)14-12-10-8-6-4-2/h3-8,13-14H2,1-2H3. The monoisotopic (exact) mass is 254 g/mol. The Morgan fingerprint density at radius 2 is 1.16 bits per heavy atom. The van der Waals surface area contributed by atoms with Gasteiger partial charge in [-0.1, -0.05) is 26.7 Å². The zero-order valence-corrected chi connectivity index (χ0v) is 12.1. The van der Waals surface area contributed by atoms with Crippen molar-refractivity contribution < 1.29 is 0 Å². The molecule has 100 valence electrons. The number of rotatable bonds is 6. The fraction of sp³-hybridized carbons (Fsp3) is 0.647. The summed E-state index contributed by atoms with van der Waals surface area (Å²) in [5, 5.41) is 18.3. The molecule has 0 amide bonds. The molecule has 0 saturated carbocycles. The van der Waals surface area contributed by atoms with Crippen molar-refractivity contribution in [2.75, 3.05) is 0 Å². The normalized spacial score (nSPS) is 9.26. The van der Waals surface area contributed by atoms with Crippen molar-refractivity contribution in [1.82, 2.24) is 0 Å². The van der Waals surface area contributed by atoms with Crippen LogP contribution in [-0.4, -0.2) is 0 Å². The summed E-state index contributed by atoms with van der Waals surface area (Å²) in [6.45, 7) is 4.23. The average Bonchev–Trinajstić information content (AvgIpc) is 2.45. The van der Waals surface area contributed by atoms with Gasteiger partial charge in [0.25, 0.3) is 0 Å². The molecule has 0 aromatic carbocycles. The van der Waals surface area contributed by atoms with E-state index in [1.165, 1.54) is 0 Å². The molecule has 2 heteroatoms. The fourth-order valence-corrected chi connectivity index (χ4v) is 1.38. The largest absolute Gasteiger partial charge is 0.196 e. The zero-order chi connectivity index (χ0) is 14.4. The Bertz CT molecular complexity index is 396. The van der Waals surface area contributed by atoms with Crippen molar-refractivity contribution in [3.63, 3.8) is 0 Å². The first-order chi connectivity index (χ1) is 9.24. The van der Waals surface area contributed by atoms with Crippen molar-refractivity contribution in [1.29, 1.82) is 10.5 Å². The lowest BCUT2D eigenvalue weighted by Gasteiger charge is -2.10. The van der Waals surface area contributed by atoms with E-state index in [0.717, 1.165) is 38.5 Å². The predicted molar refractivity (Wildman–Crippen MR) is 77.5 cm³/mol. The molecule has 0 spiro atoms. The third-order valence-corrected chi connectivity index (χ3v) is 2.77. The summed E-state index contributed by atoms with van der Waals surface area (Å²) in [6.07, 6.45) is 6.62. The molecule has 0 saturated heterocycles. The Morgan fingerprint density at radius 3 is 1.47 bits per heavy atom. The Kier molecular flexibility index (Phi) is 10.1. The molecule has 0 aliphatic carbocycles. The number of nitrogens with zero attached hydrogens (tertiary/aromatic N) is 2. The van der Waals surface area contributed by atoms with Crippen LogP contribution < -0.4 is 0 Å². The van der Waals surface area contributed by atoms with Gasteiger partial charge in [-0.05, 0) is 12.8 Å². The molecule has 0 rings (SSSR count). The second kappa shape index (κ2) is 11.2. The molecule has 0 unspecified atom stereocenters. The molecular formula is C17H22N2. The minimum absolute atomic E-state index is 0.298. The van der Waals surface area contributed by atoms with E-state index in [1.54, 1.807) is 0 Å². The van der Waals surface area contributed by atoms with Crippen molar-refractivity contribution in [3.05, 3.63) is 0 Å². The van der Waals surface area contributed by atoms with E-state index < -0.39 is 5.41 Å². The summed E-state index contributed by atoms with van der Waals surface area (Å²) in [5.41, 5.74) is -1.06. The molecule has 0 radical (unpaired) electrons. The first-order valence-corrected chi connectivity index (χ1v) is 6.98. The maximum atomic E-state index is 9.17. The lowest BCUT2D eigenvalue weighted by Crippen LogP contribution is -2.14. The van der Waals surface area contributed by atoms with Gasteiger partial charge in [-0.2, -0.15) is 10.5 Å². The van der Waals surface area contributed by atoms with Gasteiger partial charge in [-0.25, -0.2) is 0 Å². The second-order valence-corrected chi connectivity index (χ2v) is 4.57. The summed E-state index contributed by atoms with van der Waals surface area (Å²) in [7, 11) is 0. The molecule has 19 heavy (non-hydrogen) atoms. The van der Waals surface area contributed by atoms with Gasteiger partial charge in [0.15, 0.2) is 5.41 Å². The first kappa shape index (κ1) is 17.1. The van der Waals surface area contributed by atoms with Crippen LogP contribution in [0.3, 0.4) is 0 Å². The highest BCUT2D eigenvalue weighted by atomic mass is 14.4. The van der Waals surface area contributed by atoms with E-state index >= 15 is 0 Å². The predicted octanol–water partition coefficient (Wildman–Crippen LogP) is 4.19. The van der Waals surface area contributed by atoms with Crippen molar-refractivity contribution >= 4 is 0 Å². The lowest BCUT2D eigenvalue weighted by atomic mass is 9.84. The number of nitriles is 2. The van der Waals surface area contributed by atoms with E-state index in [4.69, 9.17) is 0 Å². The van der Waals surface area contributed by atoms with Gasteiger partial charge in [0.05, 0.1) is 12.1 Å². The van der Waals surface area contributed by atoms with Gasteiger partial charge in [-0.15, -0.1) is 23.7 Å². The maximum absolute atomic E-state index is 9.17. The highest BCUT2D eigenvalue weighted by molar-refractivity contribution is 5.23. The molecular weight excluding hydrogens is 232 g/mol. The first-order valence-electron chi connectivity index (χ1n) is 6.98. The van der Waals surface area contributed by atoms with Crippen LogP contribution in [0.25, 0.3) is 0 Å². The molecule has 0 aliphatic rings. The van der Waals surface area contributed by atoms with Gasteiger partial charge < -0.3 is 0 Å². The summed E-state index contributed by atoms with van der Waals surface area (Å²) < 4.78 is 0. The molecule has 0 aromatic heterocycles. The van der Waals surface area contributed by atoms with Gasteiger partial charge >= 0.3 is 0 Å². The summed E-state index contributed by atoms with van der Waals surface area (Å²) in [4.78, 5) is 0. The molecule has 0 fully saturated rings. The van der Waals surface area contributed by atoms with Crippen LogP contribution in [0.2, 0.25) is 0 Å². The molecule has 0 heterocycles. The lowest BCUT2D eigenvalue weighted by molar-refractivity contribution is 0.556. The Hall–Kier alpha value is -1.90. The summed E-state index contributed by atoms with van der Waals surface area (Å²) in [5.74, 6) is 11.9. The number of hydrogen-bond acceptors (Lipinski definition) is 2. The maximum Gasteiger partial charge on any atom is 0.165 e. The third kappa shape index (κ3) is 7.92. The molecule has 0 atom stereocenters. The molecule has 0 bridgehead atoms. The quantitative estimate of drug-likeness (QED) is 0.527. The Morgan fingerprint density at radius 1 is 0.737 bits per heavy atom. The highest BCUT2D eigenvalue weighted by Crippen LogP contribution is 2.23. The second-order valence-electron chi connectivity index (χ2n) is 4.57. The zero-order valence-electron chi connectivity index (χ0n) is 12.1. The van der Waals surface area contributed by atoms with Crippen molar-refractivity contribution in [3.8, 4) is 35.8 Å². The van der Waals surface area contributed by atoms with Gasteiger partial charge in [-0.3, -0.25) is 0 Å². The van der Waals surface area contributed by atoms with Crippen LogP contribution in [0.1, 0.15) is 65.2 Å². The average molecular weight is 254 g/mol. The number of hydrogen-bond donors (Lipinski definition) is 0. The van der Waals surface area contributed by atoms with E-state index in [9.17, 15) is 10.5 Å². The smallest absolute Gasteiger partial charge is 0.165 e. The van der Waals surface area contributed by atoms with Crippen molar-refractivity contribution in [2.24, 2.45) is 5.41 Å². The fourth-order valence-electron chi connectivity index (χ4n) is 1.38. The third-order valence-electron chi connectivity index (χ3n) is 2.77.